The molecule has 3 aromatic rings. The number of rotatable bonds is 6. The van der Waals surface area contributed by atoms with E-state index in [1.54, 1.807) is 4.90 Å². The van der Waals surface area contributed by atoms with Gasteiger partial charge in [0.2, 0.25) is 0 Å². The van der Waals surface area contributed by atoms with Gasteiger partial charge in [0, 0.05) is 35.8 Å². The predicted octanol–water partition coefficient (Wildman–Crippen LogP) is 4.37. The summed E-state index contributed by atoms with van der Waals surface area (Å²) in [7, 11) is 3.85. The molecule has 146 valence electrons. The van der Waals surface area contributed by atoms with Crippen LogP contribution in [-0.2, 0) is 0 Å². The number of aryl methyl sites for hydroxylation is 1. The number of carbonyl (C=O) groups excluding carboxylic acids is 1. The summed E-state index contributed by atoms with van der Waals surface area (Å²) in [4.78, 5) is 31.8. The first-order chi connectivity index (χ1) is 13.3. The Morgan fingerprint density at radius 3 is 2.50 bits per heavy atom. The molecule has 1 heterocycles. The number of benzene rings is 2. The van der Waals surface area contributed by atoms with Gasteiger partial charge >= 0.3 is 0 Å². The van der Waals surface area contributed by atoms with E-state index in [1.165, 1.54) is 35.6 Å². The van der Waals surface area contributed by atoms with Crippen LogP contribution in [-0.4, -0.2) is 47.9 Å². The molecule has 28 heavy (non-hydrogen) atoms. The van der Waals surface area contributed by atoms with E-state index < -0.39 is 4.92 Å². The first kappa shape index (κ1) is 20.2. The molecule has 0 radical (unpaired) electrons. The van der Waals surface area contributed by atoms with Gasteiger partial charge in [-0.1, -0.05) is 22.9 Å². The first-order valence-electron chi connectivity index (χ1n) is 8.54. The second-order valence-electron chi connectivity index (χ2n) is 6.63. The molecule has 0 aliphatic rings. The number of carbonyl (C=O) groups is 1. The largest absolute Gasteiger partial charge is 0.308 e. The molecule has 0 aliphatic heterocycles. The number of halogens is 1. The molecule has 1 aromatic heterocycles. The fourth-order valence-corrected chi connectivity index (χ4v) is 4.17. The van der Waals surface area contributed by atoms with Crippen molar-refractivity contribution in [2.75, 3.05) is 32.1 Å². The number of likely N-dealkylation sites (N-methyl/N-ethyl adjacent to an activating group) is 1. The van der Waals surface area contributed by atoms with Gasteiger partial charge in [-0.25, -0.2) is 4.98 Å². The topological polar surface area (TPSA) is 79.6 Å². The maximum Gasteiger partial charge on any atom is 0.269 e. The van der Waals surface area contributed by atoms with E-state index in [9.17, 15) is 14.9 Å². The van der Waals surface area contributed by atoms with Gasteiger partial charge in [-0.2, -0.15) is 0 Å². The molecular weight excluding hydrogens is 400 g/mol. The fourth-order valence-electron chi connectivity index (χ4n) is 2.72. The van der Waals surface area contributed by atoms with Gasteiger partial charge in [0.25, 0.3) is 11.6 Å². The number of fused-ring (bicyclic) bond motifs is 1. The fraction of sp³-hybridized carbons (Fsp3) is 0.263. The van der Waals surface area contributed by atoms with Crippen molar-refractivity contribution in [1.29, 1.82) is 0 Å². The number of nitro benzene ring substituents is 1. The number of nitrogens with zero attached hydrogens (tertiary/aromatic N) is 4. The third-order valence-electron chi connectivity index (χ3n) is 4.21. The highest BCUT2D eigenvalue weighted by molar-refractivity contribution is 7.22. The van der Waals surface area contributed by atoms with Gasteiger partial charge in [-0.15, -0.1) is 0 Å². The first-order valence-corrected chi connectivity index (χ1v) is 9.73. The standard InChI is InChI=1S/C19H19ClN4O3S/c1-12-10-14(20)11-16-17(12)21-19(28-16)23(9-8-22(2)3)18(25)13-4-6-15(7-5-13)24(26)27/h4-7,10-11H,8-9H2,1-3H3. The molecule has 0 N–H and O–H groups in total. The summed E-state index contributed by atoms with van der Waals surface area (Å²) in [6.45, 7) is 3.02. The minimum Gasteiger partial charge on any atom is -0.308 e. The zero-order chi connectivity index (χ0) is 20.4. The van der Waals surface area contributed by atoms with Crippen LogP contribution in [0.5, 0.6) is 0 Å². The molecular formula is C19H19ClN4O3S. The Bertz CT molecular complexity index is 1030. The summed E-state index contributed by atoms with van der Waals surface area (Å²) >= 11 is 7.55. The van der Waals surface area contributed by atoms with Crippen LogP contribution < -0.4 is 4.90 Å². The van der Waals surface area contributed by atoms with E-state index in [0.717, 1.165) is 15.8 Å². The average Bonchev–Trinajstić information content (AvgIpc) is 3.05. The Morgan fingerprint density at radius 1 is 1.21 bits per heavy atom. The number of hydrogen-bond donors (Lipinski definition) is 0. The number of non-ortho nitro benzene ring substituents is 1. The van der Waals surface area contributed by atoms with Gasteiger partial charge in [0.05, 0.1) is 15.1 Å². The van der Waals surface area contributed by atoms with E-state index >= 15 is 0 Å². The number of thiazole rings is 1. The number of amides is 1. The Morgan fingerprint density at radius 2 is 1.89 bits per heavy atom. The Labute approximate surface area is 171 Å². The predicted molar refractivity (Wildman–Crippen MR) is 113 cm³/mol. The number of anilines is 1. The molecule has 0 atom stereocenters. The summed E-state index contributed by atoms with van der Waals surface area (Å²) < 4.78 is 0.909. The molecule has 1 amide bonds. The van der Waals surface area contributed by atoms with Crippen LogP contribution in [0.3, 0.4) is 0 Å². The minimum absolute atomic E-state index is 0.0540. The SMILES string of the molecule is Cc1cc(Cl)cc2sc(N(CCN(C)C)C(=O)c3ccc([N+](=O)[O-])cc3)nc12. The van der Waals surface area contributed by atoms with Gasteiger partial charge in [-0.3, -0.25) is 19.8 Å². The van der Waals surface area contributed by atoms with Crippen molar-refractivity contribution in [2.45, 2.75) is 6.92 Å². The monoisotopic (exact) mass is 418 g/mol. The van der Waals surface area contributed by atoms with Crippen LogP contribution in [0.2, 0.25) is 5.02 Å². The van der Waals surface area contributed by atoms with E-state index in [2.05, 4.69) is 4.98 Å². The van der Waals surface area contributed by atoms with Gasteiger partial charge in [-0.05, 0) is 50.8 Å². The van der Waals surface area contributed by atoms with Crippen molar-refractivity contribution >= 4 is 49.9 Å². The Kier molecular flexibility index (Phi) is 5.93. The molecule has 3 rings (SSSR count). The van der Waals surface area contributed by atoms with Crippen LogP contribution in [0.25, 0.3) is 10.2 Å². The molecule has 0 saturated heterocycles. The lowest BCUT2D eigenvalue weighted by Crippen LogP contribution is -2.36. The van der Waals surface area contributed by atoms with Gasteiger partial charge in [0.15, 0.2) is 5.13 Å². The molecule has 0 bridgehead atoms. The molecule has 0 fully saturated rings. The number of hydrogen-bond acceptors (Lipinski definition) is 6. The zero-order valence-electron chi connectivity index (χ0n) is 15.7. The van der Waals surface area contributed by atoms with E-state index in [0.29, 0.717) is 28.8 Å². The summed E-state index contributed by atoms with van der Waals surface area (Å²) in [5, 5.41) is 12.1. The van der Waals surface area contributed by atoms with E-state index in [4.69, 9.17) is 11.6 Å². The van der Waals surface area contributed by atoms with E-state index in [-0.39, 0.29) is 11.6 Å². The van der Waals surface area contributed by atoms with Gasteiger partial charge in [0.1, 0.15) is 0 Å². The summed E-state index contributed by atoms with van der Waals surface area (Å²) in [6.07, 6.45) is 0. The molecule has 0 unspecified atom stereocenters. The van der Waals surface area contributed by atoms with Crippen molar-refractivity contribution in [2.24, 2.45) is 0 Å². The van der Waals surface area contributed by atoms with Crippen LogP contribution in [0.1, 0.15) is 15.9 Å². The molecule has 7 nitrogen and oxygen atoms in total. The molecule has 2 aromatic carbocycles. The highest BCUT2D eigenvalue weighted by Crippen LogP contribution is 2.33. The second-order valence-corrected chi connectivity index (χ2v) is 8.08. The highest BCUT2D eigenvalue weighted by atomic mass is 35.5. The maximum absolute atomic E-state index is 13.1. The summed E-state index contributed by atoms with van der Waals surface area (Å²) in [6, 6.07) is 9.29. The lowest BCUT2D eigenvalue weighted by molar-refractivity contribution is -0.384. The van der Waals surface area contributed by atoms with Crippen LogP contribution in [0, 0.1) is 17.0 Å². The lowest BCUT2D eigenvalue weighted by atomic mass is 10.2. The molecule has 0 saturated carbocycles. The van der Waals surface area contributed by atoms with Crippen LogP contribution in [0.4, 0.5) is 10.8 Å². The van der Waals surface area contributed by atoms with Crippen molar-refractivity contribution in [3.05, 3.63) is 62.7 Å². The molecule has 0 spiro atoms. The average molecular weight is 419 g/mol. The normalized spacial score (nSPS) is 11.2. The lowest BCUT2D eigenvalue weighted by Gasteiger charge is -2.22. The Balaban J connectivity index is 1.99. The number of aromatic nitrogens is 1. The van der Waals surface area contributed by atoms with Crippen molar-refractivity contribution in [3.8, 4) is 0 Å². The summed E-state index contributed by atoms with van der Waals surface area (Å²) in [5.41, 5.74) is 2.08. The second kappa shape index (κ2) is 8.22. The van der Waals surface area contributed by atoms with Crippen molar-refractivity contribution in [1.82, 2.24) is 9.88 Å². The highest BCUT2D eigenvalue weighted by Gasteiger charge is 2.22. The minimum atomic E-state index is -0.488. The third-order valence-corrected chi connectivity index (χ3v) is 5.45. The number of nitro groups is 1. The molecule has 9 heteroatoms. The van der Waals surface area contributed by atoms with Crippen molar-refractivity contribution < 1.29 is 9.72 Å². The summed E-state index contributed by atoms with van der Waals surface area (Å²) in [5.74, 6) is -0.250. The molecule has 0 aliphatic carbocycles. The third kappa shape index (κ3) is 4.30. The quantitative estimate of drug-likeness (QED) is 0.438. The van der Waals surface area contributed by atoms with Crippen LogP contribution >= 0.6 is 22.9 Å². The maximum atomic E-state index is 13.1. The van der Waals surface area contributed by atoms with Crippen molar-refractivity contribution in [3.63, 3.8) is 0 Å². The van der Waals surface area contributed by atoms with E-state index in [1.807, 2.05) is 38.1 Å². The zero-order valence-corrected chi connectivity index (χ0v) is 17.3. The Hall–Kier alpha value is -2.55. The van der Waals surface area contributed by atoms with Crippen LogP contribution in [0.15, 0.2) is 36.4 Å². The smallest absolute Gasteiger partial charge is 0.269 e. The van der Waals surface area contributed by atoms with Gasteiger partial charge < -0.3 is 4.90 Å².